The predicted octanol–water partition coefficient (Wildman–Crippen LogP) is 2.66. The van der Waals surface area contributed by atoms with Crippen molar-refractivity contribution in [2.24, 2.45) is 5.92 Å². The van der Waals surface area contributed by atoms with Crippen LogP contribution in [0.5, 0.6) is 0 Å². The number of benzene rings is 1. The van der Waals surface area contributed by atoms with E-state index >= 15 is 0 Å². The minimum absolute atomic E-state index is 0.171. The molecule has 1 heterocycles. The number of carbonyl (C=O) groups excluding carboxylic acids is 1. The molecule has 0 N–H and O–H groups in total. The molecule has 1 aliphatic heterocycles. The van der Waals surface area contributed by atoms with E-state index in [0.717, 1.165) is 6.07 Å². The fourth-order valence-corrected chi connectivity index (χ4v) is 2.37. The van der Waals surface area contributed by atoms with Crippen LogP contribution in [0.3, 0.4) is 0 Å². The zero-order valence-electron chi connectivity index (χ0n) is 11.9. The number of amides is 1. The molecule has 0 aromatic heterocycles. The summed E-state index contributed by atoms with van der Waals surface area (Å²) in [5, 5.41) is 0. The maximum atomic E-state index is 13.2. The van der Waals surface area contributed by atoms with Crippen LogP contribution in [0.25, 0.3) is 0 Å². The summed E-state index contributed by atoms with van der Waals surface area (Å²) < 4.78 is 26.1. The largest absolute Gasteiger partial charge is 0.368 e. The predicted molar refractivity (Wildman–Crippen MR) is 74.6 cm³/mol. The zero-order chi connectivity index (χ0) is 14.7. The van der Waals surface area contributed by atoms with Gasteiger partial charge in [-0.05, 0) is 18.1 Å². The summed E-state index contributed by atoms with van der Waals surface area (Å²) in [5.41, 5.74) is 0.667. The number of nitrogens with zero attached hydrogens (tertiary/aromatic N) is 2. The smallest absolute Gasteiger partial charge is 0.222 e. The molecule has 1 saturated heterocycles. The van der Waals surface area contributed by atoms with Crippen LogP contribution >= 0.6 is 0 Å². The summed E-state index contributed by atoms with van der Waals surface area (Å²) in [6.07, 6.45) is 0.561. The van der Waals surface area contributed by atoms with Crippen molar-refractivity contribution in [2.45, 2.75) is 20.3 Å². The molecule has 1 fully saturated rings. The SMILES string of the molecule is CC(C)CC(=O)N1CCN(c2ccc(F)c(F)c2)CC1. The summed E-state index contributed by atoms with van der Waals surface area (Å²) in [7, 11) is 0. The molecule has 0 spiro atoms. The van der Waals surface area contributed by atoms with E-state index in [1.165, 1.54) is 6.07 Å². The summed E-state index contributed by atoms with van der Waals surface area (Å²) in [5.74, 6) is -1.14. The molecule has 1 amide bonds. The number of rotatable bonds is 3. The molecule has 2 rings (SSSR count). The van der Waals surface area contributed by atoms with E-state index in [-0.39, 0.29) is 5.91 Å². The van der Waals surface area contributed by atoms with Crippen LogP contribution in [0, 0.1) is 17.6 Å². The van der Waals surface area contributed by atoms with Crippen molar-refractivity contribution in [1.29, 1.82) is 0 Å². The Labute approximate surface area is 118 Å². The zero-order valence-corrected chi connectivity index (χ0v) is 11.9. The van der Waals surface area contributed by atoms with Crippen molar-refractivity contribution in [3.05, 3.63) is 29.8 Å². The number of piperazine rings is 1. The highest BCUT2D eigenvalue weighted by molar-refractivity contribution is 5.76. The lowest BCUT2D eigenvalue weighted by Gasteiger charge is -2.36. The molecule has 3 nitrogen and oxygen atoms in total. The van der Waals surface area contributed by atoms with Crippen LogP contribution in [0.15, 0.2) is 18.2 Å². The molecule has 20 heavy (non-hydrogen) atoms. The second-order valence-electron chi connectivity index (χ2n) is 5.56. The third-order valence-corrected chi connectivity index (χ3v) is 3.48. The number of hydrogen-bond donors (Lipinski definition) is 0. The molecular weight excluding hydrogens is 262 g/mol. The molecule has 0 aliphatic carbocycles. The van der Waals surface area contributed by atoms with Crippen molar-refractivity contribution < 1.29 is 13.6 Å². The van der Waals surface area contributed by atoms with Crippen LogP contribution in [-0.4, -0.2) is 37.0 Å². The highest BCUT2D eigenvalue weighted by atomic mass is 19.2. The van der Waals surface area contributed by atoms with Gasteiger partial charge in [-0.2, -0.15) is 0 Å². The summed E-state index contributed by atoms with van der Waals surface area (Å²) in [4.78, 5) is 15.8. The lowest BCUT2D eigenvalue weighted by atomic mass is 10.1. The van der Waals surface area contributed by atoms with Crippen molar-refractivity contribution in [2.75, 3.05) is 31.1 Å². The minimum atomic E-state index is -0.834. The Bertz CT molecular complexity index is 483. The van der Waals surface area contributed by atoms with Gasteiger partial charge in [0.25, 0.3) is 0 Å². The van der Waals surface area contributed by atoms with Gasteiger partial charge in [-0.25, -0.2) is 8.78 Å². The van der Waals surface area contributed by atoms with Crippen LogP contribution < -0.4 is 4.90 Å². The minimum Gasteiger partial charge on any atom is -0.368 e. The molecular formula is C15H20F2N2O. The molecule has 1 aliphatic rings. The maximum Gasteiger partial charge on any atom is 0.222 e. The van der Waals surface area contributed by atoms with Crippen molar-refractivity contribution >= 4 is 11.6 Å². The van der Waals surface area contributed by atoms with Crippen LogP contribution in [-0.2, 0) is 4.79 Å². The number of carbonyl (C=O) groups is 1. The number of halogens is 2. The molecule has 0 radical (unpaired) electrons. The van der Waals surface area contributed by atoms with Crippen LogP contribution in [0.2, 0.25) is 0 Å². The standard InChI is InChI=1S/C15H20F2N2O/c1-11(2)9-15(20)19-7-5-18(6-8-19)12-3-4-13(16)14(17)10-12/h3-4,10-11H,5-9H2,1-2H3. The molecule has 1 aromatic carbocycles. The first-order chi connectivity index (χ1) is 9.47. The van der Waals surface area contributed by atoms with Crippen LogP contribution in [0.4, 0.5) is 14.5 Å². The van der Waals surface area contributed by atoms with E-state index in [1.807, 2.05) is 23.6 Å². The average molecular weight is 282 g/mol. The van der Waals surface area contributed by atoms with Gasteiger partial charge in [0.05, 0.1) is 0 Å². The molecule has 0 atom stereocenters. The third kappa shape index (κ3) is 3.46. The van der Waals surface area contributed by atoms with Gasteiger partial charge in [0.1, 0.15) is 0 Å². The molecule has 0 unspecified atom stereocenters. The quantitative estimate of drug-likeness (QED) is 0.851. The Balaban J connectivity index is 1.94. The van der Waals surface area contributed by atoms with Gasteiger partial charge in [-0.15, -0.1) is 0 Å². The number of hydrogen-bond acceptors (Lipinski definition) is 2. The van der Waals surface area contributed by atoms with Gasteiger partial charge in [-0.3, -0.25) is 4.79 Å². The molecule has 5 heteroatoms. The Morgan fingerprint density at radius 2 is 1.80 bits per heavy atom. The lowest BCUT2D eigenvalue weighted by Crippen LogP contribution is -2.49. The first-order valence-corrected chi connectivity index (χ1v) is 6.95. The first-order valence-electron chi connectivity index (χ1n) is 6.95. The fourth-order valence-electron chi connectivity index (χ4n) is 2.37. The van der Waals surface area contributed by atoms with E-state index in [2.05, 4.69) is 0 Å². The molecule has 0 bridgehead atoms. The summed E-state index contributed by atoms with van der Waals surface area (Å²) in [6, 6.07) is 3.92. The first kappa shape index (κ1) is 14.8. The van der Waals surface area contributed by atoms with Gasteiger partial charge in [0.2, 0.25) is 5.91 Å². The van der Waals surface area contributed by atoms with Crippen LogP contribution in [0.1, 0.15) is 20.3 Å². The van der Waals surface area contributed by atoms with E-state index in [1.54, 1.807) is 6.07 Å². The van der Waals surface area contributed by atoms with Gasteiger partial charge in [0, 0.05) is 44.4 Å². The normalized spacial score (nSPS) is 15.8. The fraction of sp³-hybridized carbons (Fsp3) is 0.533. The van der Waals surface area contributed by atoms with Crippen molar-refractivity contribution in [3.63, 3.8) is 0 Å². The summed E-state index contributed by atoms with van der Waals surface area (Å²) >= 11 is 0. The Morgan fingerprint density at radius 1 is 1.15 bits per heavy atom. The van der Waals surface area contributed by atoms with Gasteiger partial charge in [0.15, 0.2) is 11.6 Å². The monoisotopic (exact) mass is 282 g/mol. The second kappa shape index (κ2) is 6.20. The Morgan fingerprint density at radius 3 is 2.35 bits per heavy atom. The maximum absolute atomic E-state index is 13.2. The van der Waals surface area contributed by atoms with Crippen molar-refractivity contribution in [3.8, 4) is 0 Å². The highest BCUT2D eigenvalue weighted by Crippen LogP contribution is 2.20. The molecule has 1 aromatic rings. The van der Waals surface area contributed by atoms with Gasteiger partial charge >= 0.3 is 0 Å². The van der Waals surface area contributed by atoms with E-state index in [0.29, 0.717) is 44.2 Å². The van der Waals surface area contributed by atoms with Gasteiger partial charge < -0.3 is 9.80 Å². The van der Waals surface area contributed by atoms with Gasteiger partial charge in [-0.1, -0.05) is 13.8 Å². The second-order valence-corrected chi connectivity index (χ2v) is 5.56. The van der Waals surface area contributed by atoms with Crippen molar-refractivity contribution in [1.82, 2.24) is 4.90 Å². The molecule has 110 valence electrons. The van der Waals surface area contributed by atoms with E-state index in [9.17, 15) is 13.6 Å². The lowest BCUT2D eigenvalue weighted by molar-refractivity contribution is -0.132. The molecule has 0 saturated carbocycles. The van der Waals surface area contributed by atoms with E-state index in [4.69, 9.17) is 0 Å². The number of anilines is 1. The topological polar surface area (TPSA) is 23.6 Å². The third-order valence-electron chi connectivity index (χ3n) is 3.48. The summed E-state index contributed by atoms with van der Waals surface area (Å²) in [6.45, 7) is 6.60. The van der Waals surface area contributed by atoms with E-state index < -0.39 is 11.6 Å². The average Bonchev–Trinajstić information content (AvgIpc) is 2.41. The highest BCUT2D eigenvalue weighted by Gasteiger charge is 2.22. The Hall–Kier alpha value is -1.65. The Kier molecular flexibility index (Phi) is 4.57.